The number of hydrogen-bond acceptors (Lipinski definition) is 10. The highest BCUT2D eigenvalue weighted by Crippen LogP contribution is 2.32. The Morgan fingerprint density at radius 1 is 1.26 bits per heavy atom. The minimum Gasteiger partial charge on any atom is -0.400 e. The van der Waals surface area contributed by atoms with Crippen LogP contribution in [0.3, 0.4) is 0 Å². The van der Waals surface area contributed by atoms with E-state index in [-0.39, 0.29) is 12.1 Å². The van der Waals surface area contributed by atoms with E-state index in [4.69, 9.17) is 17.3 Å². The second-order valence-electron chi connectivity index (χ2n) is 8.65. The molecule has 1 fully saturated rings. The Bertz CT molecular complexity index is 1530. The third-order valence-electron chi connectivity index (χ3n) is 6.03. The van der Waals surface area contributed by atoms with Gasteiger partial charge in [0.1, 0.15) is 30.7 Å². The molecule has 3 aromatic heterocycles. The first-order valence-corrected chi connectivity index (χ1v) is 11.8. The normalized spacial score (nSPS) is 18.5. The van der Waals surface area contributed by atoms with E-state index in [1.165, 1.54) is 10.9 Å². The SMILES string of the molecule is N[C@@H](O)c1nn(CC(=O)N2CC(F)CC2C(=O)Nc2nnc(C(F)(F)Cl)o2)c2ccc(-c3ccnnc3)cc12. The third kappa shape index (κ3) is 5.39. The number of likely N-dealkylation sites (tertiary alicyclic amines) is 1. The van der Waals surface area contributed by atoms with Crippen LogP contribution in [0.1, 0.15) is 24.2 Å². The number of hydrogen-bond donors (Lipinski definition) is 3. The largest absolute Gasteiger partial charge is 0.400 e. The Balaban J connectivity index is 1.38. The molecule has 204 valence electrons. The van der Waals surface area contributed by atoms with Gasteiger partial charge in [-0.15, -0.1) is 5.10 Å². The van der Waals surface area contributed by atoms with Gasteiger partial charge in [-0.3, -0.25) is 19.6 Å². The molecule has 0 spiro atoms. The number of aliphatic hydroxyl groups excluding tert-OH is 1. The van der Waals surface area contributed by atoms with Crippen LogP contribution in [0, 0.1) is 0 Å². The van der Waals surface area contributed by atoms with E-state index in [1.807, 2.05) is 0 Å². The van der Waals surface area contributed by atoms with Crippen molar-refractivity contribution in [1.82, 2.24) is 35.1 Å². The fraction of sp³-hybridized carbons (Fsp3) is 0.318. The number of rotatable bonds is 7. The van der Waals surface area contributed by atoms with Crippen molar-refractivity contribution in [2.45, 2.75) is 36.8 Å². The third-order valence-corrected chi connectivity index (χ3v) is 6.19. The number of amides is 2. The van der Waals surface area contributed by atoms with Crippen molar-refractivity contribution in [3.63, 3.8) is 0 Å². The van der Waals surface area contributed by atoms with Gasteiger partial charge in [0, 0.05) is 17.4 Å². The lowest BCUT2D eigenvalue weighted by Gasteiger charge is -2.23. The first kappa shape index (κ1) is 26.5. The second-order valence-corrected chi connectivity index (χ2v) is 9.12. The zero-order chi connectivity index (χ0) is 27.9. The first-order chi connectivity index (χ1) is 18.5. The van der Waals surface area contributed by atoms with E-state index in [0.717, 1.165) is 16.0 Å². The summed E-state index contributed by atoms with van der Waals surface area (Å²) >= 11 is 4.82. The van der Waals surface area contributed by atoms with Crippen LogP contribution in [-0.4, -0.2) is 70.8 Å². The summed E-state index contributed by atoms with van der Waals surface area (Å²) < 4.78 is 46.5. The zero-order valence-corrected chi connectivity index (χ0v) is 20.5. The van der Waals surface area contributed by atoms with E-state index < -0.39 is 60.6 Å². The number of halogens is 4. The van der Waals surface area contributed by atoms with Crippen molar-refractivity contribution in [1.29, 1.82) is 0 Å². The standard InChI is InChI=1S/C22H19ClF3N9O4/c23-22(25,26)20-31-32-21(39-20)30-19(38)15-6-12(24)8-34(15)16(36)9-35-14-2-1-10(11-3-4-28-29-7-11)5-13(14)17(33-35)18(27)37/h1-5,7,12,15,18,37H,6,8-9,27H2,(H,30,32,38)/t12?,15?,18-/m0/s1. The van der Waals surface area contributed by atoms with Crippen LogP contribution in [0.15, 0.2) is 41.1 Å². The maximum Gasteiger partial charge on any atom is 0.399 e. The molecule has 4 N–H and O–H groups in total. The van der Waals surface area contributed by atoms with E-state index in [9.17, 15) is 27.9 Å². The number of fused-ring (bicyclic) bond motifs is 1. The molecule has 5 rings (SSSR count). The highest BCUT2D eigenvalue weighted by molar-refractivity contribution is 6.21. The molecule has 17 heteroatoms. The monoisotopic (exact) mass is 565 g/mol. The fourth-order valence-electron chi connectivity index (χ4n) is 4.29. The van der Waals surface area contributed by atoms with Crippen LogP contribution >= 0.6 is 11.6 Å². The van der Waals surface area contributed by atoms with Crippen molar-refractivity contribution < 1.29 is 32.3 Å². The molecule has 39 heavy (non-hydrogen) atoms. The molecule has 0 aliphatic carbocycles. The van der Waals surface area contributed by atoms with E-state index in [1.54, 1.807) is 30.5 Å². The van der Waals surface area contributed by atoms with Gasteiger partial charge >= 0.3 is 17.3 Å². The van der Waals surface area contributed by atoms with Crippen LogP contribution in [0.25, 0.3) is 22.0 Å². The van der Waals surface area contributed by atoms with Gasteiger partial charge in [0.2, 0.25) is 5.91 Å². The fourth-order valence-corrected chi connectivity index (χ4v) is 4.37. The summed E-state index contributed by atoms with van der Waals surface area (Å²) in [5.41, 5.74) is 7.73. The zero-order valence-electron chi connectivity index (χ0n) is 19.7. The molecule has 0 radical (unpaired) electrons. The summed E-state index contributed by atoms with van der Waals surface area (Å²) in [5, 5.41) is 26.9. The average molecular weight is 566 g/mol. The van der Waals surface area contributed by atoms with Crippen molar-refractivity contribution in [3.05, 3.63) is 48.2 Å². The van der Waals surface area contributed by atoms with Gasteiger partial charge < -0.3 is 20.2 Å². The minimum absolute atomic E-state index is 0.101. The smallest absolute Gasteiger partial charge is 0.399 e. The molecule has 1 saturated heterocycles. The Labute approximate surface area is 221 Å². The maximum absolute atomic E-state index is 14.3. The van der Waals surface area contributed by atoms with Gasteiger partial charge in [-0.2, -0.15) is 24.1 Å². The van der Waals surface area contributed by atoms with Crippen LogP contribution in [0.4, 0.5) is 19.2 Å². The molecule has 1 aliphatic heterocycles. The lowest BCUT2D eigenvalue weighted by molar-refractivity contribution is -0.137. The number of aliphatic hydroxyl groups is 1. The van der Waals surface area contributed by atoms with Gasteiger partial charge in [0.25, 0.3) is 5.91 Å². The molecule has 4 heterocycles. The van der Waals surface area contributed by atoms with Crippen LogP contribution in [0.5, 0.6) is 0 Å². The summed E-state index contributed by atoms with van der Waals surface area (Å²) in [7, 11) is 0. The quantitative estimate of drug-likeness (QED) is 0.220. The predicted octanol–water partition coefficient (Wildman–Crippen LogP) is 1.69. The van der Waals surface area contributed by atoms with Crippen LogP contribution in [-0.2, 0) is 21.5 Å². The van der Waals surface area contributed by atoms with Crippen molar-refractivity contribution in [2.24, 2.45) is 5.73 Å². The van der Waals surface area contributed by atoms with Crippen LogP contribution in [0.2, 0.25) is 0 Å². The number of anilines is 1. The molecule has 13 nitrogen and oxygen atoms in total. The van der Waals surface area contributed by atoms with Gasteiger partial charge in [0.15, 0.2) is 0 Å². The van der Waals surface area contributed by atoms with Gasteiger partial charge in [-0.05, 0) is 35.4 Å². The van der Waals surface area contributed by atoms with Crippen molar-refractivity contribution in [3.8, 4) is 11.1 Å². The number of aromatic nitrogens is 6. The highest BCUT2D eigenvalue weighted by atomic mass is 35.5. The number of alkyl halides is 4. The topological polar surface area (TPSA) is 178 Å². The maximum atomic E-state index is 14.3. The number of benzene rings is 1. The van der Waals surface area contributed by atoms with Crippen LogP contribution < -0.4 is 11.1 Å². The number of carbonyl (C=O) groups excluding carboxylic acids is 2. The summed E-state index contributed by atoms with van der Waals surface area (Å²) in [5.74, 6) is -2.83. The lowest BCUT2D eigenvalue weighted by atomic mass is 10.0. The summed E-state index contributed by atoms with van der Waals surface area (Å²) in [6, 6.07) is 4.89. The molecule has 1 aliphatic rings. The summed E-state index contributed by atoms with van der Waals surface area (Å²) in [4.78, 5) is 27.0. The number of carbonyl (C=O) groups is 2. The Kier molecular flexibility index (Phi) is 6.92. The second kappa shape index (κ2) is 10.2. The van der Waals surface area contributed by atoms with Gasteiger partial charge in [-0.25, -0.2) is 4.39 Å². The molecular weight excluding hydrogens is 547 g/mol. The number of nitrogens with zero attached hydrogens (tertiary/aromatic N) is 7. The Morgan fingerprint density at radius 3 is 2.72 bits per heavy atom. The molecule has 2 unspecified atom stereocenters. The molecule has 2 amide bonds. The molecule has 4 aromatic rings. The summed E-state index contributed by atoms with van der Waals surface area (Å²) in [6.45, 7) is -0.810. The molecule has 0 saturated carbocycles. The highest BCUT2D eigenvalue weighted by Gasteiger charge is 2.41. The Hall–Kier alpha value is -4.15. The lowest BCUT2D eigenvalue weighted by Crippen LogP contribution is -2.44. The molecule has 3 atom stereocenters. The van der Waals surface area contributed by atoms with E-state index in [2.05, 4.69) is 35.2 Å². The van der Waals surface area contributed by atoms with E-state index in [0.29, 0.717) is 10.9 Å². The van der Waals surface area contributed by atoms with Crippen molar-refractivity contribution >= 4 is 40.3 Å². The van der Waals surface area contributed by atoms with Crippen molar-refractivity contribution in [2.75, 3.05) is 11.9 Å². The summed E-state index contributed by atoms with van der Waals surface area (Å²) in [6.07, 6.45) is -0.265. The van der Waals surface area contributed by atoms with Gasteiger partial charge in [-0.1, -0.05) is 11.2 Å². The predicted molar refractivity (Wildman–Crippen MR) is 128 cm³/mol. The molecular formula is C22H19ClF3N9O4. The van der Waals surface area contributed by atoms with E-state index >= 15 is 0 Å². The first-order valence-electron chi connectivity index (χ1n) is 11.4. The Morgan fingerprint density at radius 2 is 2.05 bits per heavy atom. The number of nitrogens with one attached hydrogen (secondary N) is 1. The molecule has 1 aromatic carbocycles. The van der Waals surface area contributed by atoms with Gasteiger partial charge in [0.05, 0.1) is 24.5 Å². The number of nitrogens with two attached hydrogens (primary N) is 1. The minimum atomic E-state index is -3.95. The average Bonchev–Trinajstić information content (AvgIpc) is 3.61. The molecule has 0 bridgehead atoms.